The Hall–Kier alpha value is -1.73. The number of thioether (sulfide) groups is 1. The summed E-state index contributed by atoms with van der Waals surface area (Å²) < 4.78 is 5.24. The van der Waals surface area contributed by atoms with Gasteiger partial charge in [-0.3, -0.25) is 14.6 Å². The maximum atomic E-state index is 12.3. The summed E-state index contributed by atoms with van der Waals surface area (Å²) in [5, 5.41) is 6.18. The van der Waals surface area contributed by atoms with E-state index in [2.05, 4.69) is 15.6 Å². The van der Waals surface area contributed by atoms with Crippen molar-refractivity contribution in [1.82, 2.24) is 5.32 Å². The van der Waals surface area contributed by atoms with Crippen molar-refractivity contribution < 1.29 is 14.3 Å². The van der Waals surface area contributed by atoms with Crippen LogP contribution in [0.5, 0.6) is 5.75 Å². The van der Waals surface area contributed by atoms with Crippen LogP contribution in [-0.2, 0) is 9.59 Å². The third-order valence-electron chi connectivity index (χ3n) is 3.83. The number of carbonyl (C=O) groups is 2. The van der Waals surface area contributed by atoms with Crippen molar-refractivity contribution in [1.29, 1.82) is 0 Å². The van der Waals surface area contributed by atoms with Gasteiger partial charge in [0, 0.05) is 23.6 Å². The smallest absolute Gasteiger partial charge is 0.240 e. The Morgan fingerprint density at radius 1 is 1.52 bits per heavy atom. The first-order valence-corrected chi connectivity index (χ1v) is 9.29. The SMILES string of the molecule is CC[C@@H](C)N=C1NC(=O)[C@H](CC(=O)Nc2cc(C)c(Cl)cc2OC)S1. The molecule has 2 atom stereocenters. The van der Waals surface area contributed by atoms with Gasteiger partial charge in [0.05, 0.1) is 12.8 Å². The van der Waals surface area contributed by atoms with Crippen LogP contribution in [0.3, 0.4) is 0 Å². The Kier molecular flexibility index (Phi) is 6.72. The van der Waals surface area contributed by atoms with E-state index in [1.807, 2.05) is 20.8 Å². The van der Waals surface area contributed by atoms with Gasteiger partial charge in [-0.15, -0.1) is 0 Å². The van der Waals surface area contributed by atoms with Crippen molar-refractivity contribution >= 4 is 46.0 Å². The molecular formula is C17H22ClN3O3S. The Balaban J connectivity index is 2.03. The van der Waals surface area contributed by atoms with E-state index in [0.29, 0.717) is 21.6 Å². The second-order valence-corrected chi connectivity index (χ2v) is 7.44. The van der Waals surface area contributed by atoms with E-state index in [1.54, 1.807) is 12.1 Å². The summed E-state index contributed by atoms with van der Waals surface area (Å²) in [5.74, 6) is 0.0189. The molecule has 25 heavy (non-hydrogen) atoms. The molecule has 1 aliphatic heterocycles. The first-order valence-electron chi connectivity index (χ1n) is 8.03. The number of rotatable bonds is 6. The van der Waals surface area contributed by atoms with Gasteiger partial charge >= 0.3 is 0 Å². The highest BCUT2D eigenvalue weighted by Gasteiger charge is 2.32. The molecule has 8 heteroatoms. The molecule has 0 saturated carbocycles. The molecule has 0 radical (unpaired) electrons. The number of carbonyl (C=O) groups excluding carboxylic acids is 2. The number of benzene rings is 1. The minimum absolute atomic E-state index is 0.0564. The topological polar surface area (TPSA) is 79.8 Å². The third kappa shape index (κ3) is 5.12. The van der Waals surface area contributed by atoms with Gasteiger partial charge in [-0.2, -0.15) is 0 Å². The molecule has 0 aliphatic carbocycles. The summed E-state index contributed by atoms with van der Waals surface area (Å²) in [6.45, 7) is 5.85. The van der Waals surface area contributed by atoms with Gasteiger partial charge in [0.1, 0.15) is 11.0 Å². The molecule has 1 heterocycles. The highest BCUT2D eigenvalue weighted by molar-refractivity contribution is 8.15. The van der Waals surface area contributed by atoms with Crippen LogP contribution in [0.15, 0.2) is 17.1 Å². The monoisotopic (exact) mass is 383 g/mol. The highest BCUT2D eigenvalue weighted by Crippen LogP contribution is 2.31. The Morgan fingerprint density at radius 3 is 2.88 bits per heavy atom. The third-order valence-corrected chi connectivity index (χ3v) is 5.33. The van der Waals surface area contributed by atoms with Crippen LogP contribution in [-0.4, -0.2) is 35.4 Å². The largest absolute Gasteiger partial charge is 0.495 e. The number of halogens is 1. The number of methoxy groups -OCH3 is 1. The van der Waals surface area contributed by atoms with Crippen LogP contribution in [0.2, 0.25) is 5.02 Å². The van der Waals surface area contributed by atoms with E-state index in [4.69, 9.17) is 16.3 Å². The average Bonchev–Trinajstić information content (AvgIpc) is 2.89. The van der Waals surface area contributed by atoms with Crippen molar-refractivity contribution in [2.45, 2.75) is 44.9 Å². The van der Waals surface area contributed by atoms with Gasteiger partial charge in [0.25, 0.3) is 0 Å². The minimum atomic E-state index is -0.484. The first kappa shape index (κ1) is 19.6. The minimum Gasteiger partial charge on any atom is -0.495 e. The summed E-state index contributed by atoms with van der Waals surface area (Å²) in [6, 6.07) is 3.54. The Bertz CT molecular complexity index is 709. The van der Waals surface area contributed by atoms with E-state index in [0.717, 1.165) is 12.0 Å². The number of aryl methyl sites for hydroxylation is 1. The van der Waals surface area contributed by atoms with Crippen molar-refractivity contribution in [3.63, 3.8) is 0 Å². The molecule has 2 N–H and O–H groups in total. The van der Waals surface area contributed by atoms with Crippen LogP contribution in [0.4, 0.5) is 5.69 Å². The molecule has 1 fully saturated rings. The van der Waals surface area contributed by atoms with E-state index in [9.17, 15) is 9.59 Å². The molecule has 0 spiro atoms. The molecule has 6 nitrogen and oxygen atoms in total. The lowest BCUT2D eigenvalue weighted by atomic mass is 10.2. The number of ether oxygens (including phenoxy) is 1. The Labute approximate surface area is 156 Å². The molecule has 2 rings (SSSR count). The average molecular weight is 384 g/mol. The number of aliphatic imine (C=N–C) groups is 1. The number of anilines is 1. The molecule has 0 unspecified atom stereocenters. The summed E-state index contributed by atoms with van der Waals surface area (Å²) in [4.78, 5) is 28.8. The number of hydrogen-bond acceptors (Lipinski definition) is 5. The summed E-state index contributed by atoms with van der Waals surface area (Å²) in [5.41, 5.74) is 1.36. The van der Waals surface area contributed by atoms with Crippen LogP contribution >= 0.6 is 23.4 Å². The van der Waals surface area contributed by atoms with Gasteiger partial charge in [-0.25, -0.2) is 0 Å². The van der Waals surface area contributed by atoms with Crippen LogP contribution in [0, 0.1) is 6.92 Å². The second-order valence-electron chi connectivity index (χ2n) is 5.84. The van der Waals surface area contributed by atoms with E-state index >= 15 is 0 Å². The molecule has 1 aromatic rings. The molecule has 136 valence electrons. The van der Waals surface area contributed by atoms with Crippen LogP contribution in [0.1, 0.15) is 32.3 Å². The van der Waals surface area contributed by atoms with Gasteiger partial charge in [0.2, 0.25) is 11.8 Å². The Morgan fingerprint density at radius 2 is 2.24 bits per heavy atom. The van der Waals surface area contributed by atoms with Crippen LogP contribution < -0.4 is 15.4 Å². The lowest BCUT2D eigenvalue weighted by Crippen LogP contribution is -2.28. The number of amidine groups is 1. The molecule has 2 amide bonds. The summed E-state index contributed by atoms with van der Waals surface area (Å²) >= 11 is 7.36. The maximum absolute atomic E-state index is 12.3. The predicted molar refractivity (Wildman–Crippen MR) is 103 cm³/mol. The lowest BCUT2D eigenvalue weighted by molar-refractivity contribution is -0.122. The number of amides is 2. The highest BCUT2D eigenvalue weighted by atomic mass is 35.5. The number of nitrogens with zero attached hydrogens (tertiary/aromatic N) is 1. The van der Waals surface area contributed by atoms with Gasteiger partial charge in [-0.1, -0.05) is 30.3 Å². The van der Waals surface area contributed by atoms with Crippen molar-refractivity contribution in [2.24, 2.45) is 4.99 Å². The van der Waals surface area contributed by atoms with E-state index < -0.39 is 5.25 Å². The lowest BCUT2D eigenvalue weighted by Gasteiger charge is -2.13. The van der Waals surface area contributed by atoms with Crippen LogP contribution in [0.25, 0.3) is 0 Å². The fraction of sp³-hybridized carbons (Fsp3) is 0.471. The van der Waals surface area contributed by atoms with Crippen molar-refractivity contribution in [2.75, 3.05) is 12.4 Å². The fourth-order valence-corrected chi connectivity index (χ4v) is 3.42. The summed E-state index contributed by atoms with van der Waals surface area (Å²) in [6.07, 6.45) is 0.946. The van der Waals surface area contributed by atoms with Gasteiger partial charge in [0.15, 0.2) is 5.17 Å². The zero-order chi connectivity index (χ0) is 18.6. The standard InChI is InChI=1S/C17H22ClN3O3S/c1-5-10(3)19-17-21-16(23)14(25-17)8-15(22)20-12-6-9(2)11(18)7-13(12)24-4/h6-7,10,14H,5,8H2,1-4H3,(H,20,22)(H,19,21,23)/t10-,14+/m1/s1. The number of hydrogen-bond donors (Lipinski definition) is 2. The molecule has 0 bridgehead atoms. The van der Waals surface area contributed by atoms with Crippen molar-refractivity contribution in [3.05, 3.63) is 22.7 Å². The zero-order valence-corrected chi connectivity index (χ0v) is 16.3. The molecule has 1 saturated heterocycles. The first-order chi connectivity index (χ1) is 11.8. The zero-order valence-electron chi connectivity index (χ0n) is 14.7. The van der Waals surface area contributed by atoms with E-state index in [-0.39, 0.29) is 24.3 Å². The van der Waals surface area contributed by atoms with Gasteiger partial charge in [-0.05, 0) is 31.9 Å². The molecule has 1 aromatic carbocycles. The summed E-state index contributed by atoms with van der Waals surface area (Å²) in [7, 11) is 1.51. The fourth-order valence-electron chi connectivity index (χ4n) is 2.19. The van der Waals surface area contributed by atoms with Gasteiger partial charge < -0.3 is 15.4 Å². The van der Waals surface area contributed by atoms with E-state index in [1.165, 1.54) is 18.9 Å². The maximum Gasteiger partial charge on any atom is 0.240 e. The van der Waals surface area contributed by atoms with Crippen molar-refractivity contribution in [3.8, 4) is 5.75 Å². The normalized spacial score (nSPS) is 19.6. The molecular weight excluding hydrogens is 362 g/mol. The molecule has 0 aromatic heterocycles. The molecule has 1 aliphatic rings. The quantitative estimate of drug-likeness (QED) is 0.789. The second kappa shape index (κ2) is 8.58. The predicted octanol–water partition coefficient (Wildman–Crippen LogP) is 3.37. The number of nitrogens with one attached hydrogen (secondary N) is 2.